The van der Waals surface area contributed by atoms with Crippen molar-refractivity contribution in [2.45, 2.75) is 45.9 Å². The number of morpholine rings is 1. The summed E-state index contributed by atoms with van der Waals surface area (Å²) in [6, 6.07) is 1.96. The van der Waals surface area contributed by atoms with Crippen LogP contribution < -0.4 is 5.73 Å². The van der Waals surface area contributed by atoms with Crippen molar-refractivity contribution in [3.63, 3.8) is 0 Å². The third kappa shape index (κ3) is 2.86. The van der Waals surface area contributed by atoms with Gasteiger partial charge in [-0.15, -0.1) is 0 Å². The molecule has 2 atom stereocenters. The van der Waals surface area contributed by atoms with Crippen LogP contribution in [0.1, 0.15) is 37.0 Å². The Morgan fingerprint density at radius 2 is 2.30 bits per heavy atom. The number of amides is 1. The van der Waals surface area contributed by atoms with Gasteiger partial charge >= 0.3 is 0 Å². The molecule has 1 aromatic rings. The lowest BCUT2D eigenvalue weighted by Crippen LogP contribution is -2.53. The van der Waals surface area contributed by atoms with Gasteiger partial charge in [0.1, 0.15) is 5.69 Å². The predicted octanol–water partition coefficient (Wildman–Crippen LogP) is 0.654. The molecule has 1 fully saturated rings. The van der Waals surface area contributed by atoms with Crippen LogP contribution in [-0.4, -0.2) is 52.4 Å². The molecule has 0 bridgehead atoms. The van der Waals surface area contributed by atoms with Gasteiger partial charge in [0.2, 0.25) is 0 Å². The van der Waals surface area contributed by atoms with Gasteiger partial charge in [-0.25, -0.2) is 0 Å². The summed E-state index contributed by atoms with van der Waals surface area (Å²) in [5.74, 6) is 0.0216. The molecule has 1 saturated heterocycles. The van der Waals surface area contributed by atoms with Crippen LogP contribution in [0.25, 0.3) is 0 Å². The summed E-state index contributed by atoms with van der Waals surface area (Å²) in [5, 5.41) is 4.44. The highest BCUT2D eigenvalue weighted by Crippen LogP contribution is 2.16. The molecular weight excluding hydrogens is 256 g/mol. The molecular formula is C14H24N4O2. The first-order valence-electron chi connectivity index (χ1n) is 7.30. The summed E-state index contributed by atoms with van der Waals surface area (Å²) < 4.78 is 7.38. The van der Waals surface area contributed by atoms with Crippen molar-refractivity contribution in [1.29, 1.82) is 0 Å². The lowest BCUT2D eigenvalue weighted by atomic mass is 10.1. The maximum Gasteiger partial charge on any atom is 0.272 e. The van der Waals surface area contributed by atoms with Gasteiger partial charge in [0, 0.05) is 19.6 Å². The van der Waals surface area contributed by atoms with E-state index < -0.39 is 0 Å². The molecule has 2 rings (SSSR count). The first-order chi connectivity index (χ1) is 9.60. The van der Waals surface area contributed by atoms with E-state index in [1.54, 1.807) is 4.68 Å². The second-order valence-corrected chi connectivity index (χ2v) is 5.19. The first kappa shape index (κ1) is 15.0. The van der Waals surface area contributed by atoms with Crippen molar-refractivity contribution in [2.75, 3.05) is 19.7 Å². The summed E-state index contributed by atoms with van der Waals surface area (Å²) in [6.45, 7) is 8.25. The quantitative estimate of drug-likeness (QED) is 0.879. The van der Waals surface area contributed by atoms with E-state index in [0.29, 0.717) is 31.9 Å². The van der Waals surface area contributed by atoms with Gasteiger partial charge in [-0.05, 0) is 26.3 Å². The number of carbonyl (C=O) groups excluding carboxylic acids is 1. The number of rotatable bonds is 4. The van der Waals surface area contributed by atoms with Crippen LogP contribution in [-0.2, 0) is 17.7 Å². The smallest absolute Gasteiger partial charge is 0.272 e. The zero-order valence-corrected chi connectivity index (χ0v) is 12.5. The van der Waals surface area contributed by atoms with E-state index in [-0.39, 0.29) is 18.1 Å². The monoisotopic (exact) mass is 280 g/mol. The molecule has 1 aliphatic heterocycles. The molecule has 1 aliphatic rings. The lowest BCUT2D eigenvalue weighted by molar-refractivity contribution is -0.0429. The summed E-state index contributed by atoms with van der Waals surface area (Å²) >= 11 is 0. The Bertz CT molecular complexity index is 472. The van der Waals surface area contributed by atoms with E-state index in [1.165, 1.54) is 0 Å². The van der Waals surface area contributed by atoms with Gasteiger partial charge in [-0.1, -0.05) is 6.92 Å². The van der Waals surface area contributed by atoms with E-state index in [1.807, 2.05) is 31.7 Å². The molecule has 2 unspecified atom stereocenters. The number of aryl methyl sites for hydroxylation is 2. The Morgan fingerprint density at radius 1 is 1.55 bits per heavy atom. The number of nitrogens with zero attached hydrogens (tertiary/aromatic N) is 3. The van der Waals surface area contributed by atoms with Crippen LogP contribution in [0.4, 0.5) is 0 Å². The largest absolute Gasteiger partial charge is 0.373 e. The molecule has 0 aromatic carbocycles. The van der Waals surface area contributed by atoms with Crippen molar-refractivity contribution >= 4 is 5.91 Å². The second-order valence-electron chi connectivity index (χ2n) is 5.19. The Hall–Kier alpha value is -1.40. The van der Waals surface area contributed by atoms with E-state index in [9.17, 15) is 4.79 Å². The maximum absolute atomic E-state index is 12.7. The molecule has 20 heavy (non-hydrogen) atoms. The highest BCUT2D eigenvalue weighted by atomic mass is 16.5. The minimum absolute atomic E-state index is 0.0216. The third-order valence-corrected chi connectivity index (χ3v) is 3.74. The van der Waals surface area contributed by atoms with E-state index in [4.69, 9.17) is 10.5 Å². The van der Waals surface area contributed by atoms with Crippen molar-refractivity contribution < 1.29 is 9.53 Å². The van der Waals surface area contributed by atoms with Crippen molar-refractivity contribution in [3.8, 4) is 0 Å². The van der Waals surface area contributed by atoms with Crippen LogP contribution >= 0.6 is 0 Å². The number of ether oxygens (including phenoxy) is 1. The normalized spacial score (nSPS) is 23.1. The lowest BCUT2D eigenvalue weighted by Gasteiger charge is -2.37. The Kier molecular flexibility index (Phi) is 4.77. The summed E-state index contributed by atoms with van der Waals surface area (Å²) in [5.41, 5.74) is 7.26. The molecule has 1 aromatic heterocycles. The number of aromatic nitrogens is 2. The molecule has 0 aliphatic carbocycles. The molecule has 112 valence electrons. The number of carbonyl (C=O) groups is 1. The number of hydrogen-bond acceptors (Lipinski definition) is 4. The zero-order valence-electron chi connectivity index (χ0n) is 12.5. The molecule has 0 saturated carbocycles. The fourth-order valence-corrected chi connectivity index (χ4v) is 2.45. The highest BCUT2D eigenvalue weighted by molar-refractivity contribution is 5.93. The topological polar surface area (TPSA) is 73.4 Å². The van der Waals surface area contributed by atoms with Gasteiger partial charge in [0.15, 0.2) is 0 Å². The van der Waals surface area contributed by atoms with Crippen molar-refractivity contribution in [3.05, 3.63) is 17.5 Å². The summed E-state index contributed by atoms with van der Waals surface area (Å²) in [6.07, 6.45) is 0.760. The van der Waals surface area contributed by atoms with Gasteiger partial charge < -0.3 is 15.4 Å². The first-order valence-corrected chi connectivity index (χ1v) is 7.30. The Labute approximate surface area is 119 Å². The summed E-state index contributed by atoms with van der Waals surface area (Å²) in [4.78, 5) is 14.6. The highest BCUT2D eigenvalue weighted by Gasteiger charge is 2.31. The molecule has 2 N–H and O–H groups in total. The van der Waals surface area contributed by atoms with Crippen molar-refractivity contribution in [2.24, 2.45) is 5.73 Å². The molecule has 6 heteroatoms. The molecule has 1 amide bonds. The molecule has 0 spiro atoms. The third-order valence-electron chi connectivity index (χ3n) is 3.74. The zero-order chi connectivity index (χ0) is 14.7. The molecule has 6 nitrogen and oxygen atoms in total. The Balaban J connectivity index is 2.23. The van der Waals surface area contributed by atoms with Gasteiger partial charge in [-0.2, -0.15) is 5.10 Å². The van der Waals surface area contributed by atoms with Crippen LogP contribution in [0, 0.1) is 0 Å². The summed E-state index contributed by atoms with van der Waals surface area (Å²) in [7, 11) is 0. The van der Waals surface area contributed by atoms with Crippen LogP contribution in [0.2, 0.25) is 0 Å². The van der Waals surface area contributed by atoms with Gasteiger partial charge in [0.25, 0.3) is 5.91 Å². The molecule has 2 heterocycles. The standard InChI is InChI=1S/C14H24N4O2/c1-4-11-6-13(18(5-2)16-11)14(19)17-8-12(7-15)20-9-10(17)3/h6,10,12H,4-5,7-9,15H2,1-3H3. The van der Waals surface area contributed by atoms with Gasteiger partial charge in [-0.3, -0.25) is 9.48 Å². The fourth-order valence-electron chi connectivity index (χ4n) is 2.45. The minimum Gasteiger partial charge on any atom is -0.373 e. The fraction of sp³-hybridized carbons (Fsp3) is 0.714. The molecule has 0 radical (unpaired) electrons. The minimum atomic E-state index is -0.0706. The van der Waals surface area contributed by atoms with Crippen LogP contribution in [0.15, 0.2) is 6.07 Å². The second kappa shape index (κ2) is 6.37. The number of hydrogen-bond donors (Lipinski definition) is 1. The van der Waals surface area contributed by atoms with Crippen LogP contribution in [0.5, 0.6) is 0 Å². The number of nitrogens with two attached hydrogens (primary N) is 1. The van der Waals surface area contributed by atoms with Crippen LogP contribution in [0.3, 0.4) is 0 Å². The van der Waals surface area contributed by atoms with Gasteiger partial charge in [0.05, 0.1) is 24.4 Å². The average Bonchev–Trinajstić information content (AvgIpc) is 2.90. The van der Waals surface area contributed by atoms with E-state index in [2.05, 4.69) is 5.10 Å². The van der Waals surface area contributed by atoms with Crippen molar-refractivity contribution in [1.82, 2.24) is 14.7 Å². The average molecular weight is 280 g/mol. The van der Waals surface area contributed by atoms with E-state index >= 15 is 0 Å². The predicted molar refractivity (Wildman–Crippen MR) is 76.6 cm³/mol. The van der Waals surface area contributed by atoms with E-state index in [0.717, 1.165) is 12.1 Å². The SMILES string of the molecule is CCc1cc(C(=O)N2CC(CN)OCC2C)n(CC)n1. The maximum atomic E-state index is 12.7. The Morgan fingerprint density at radius 3 is 2.90 bits per heavy atom.